The zero-order valence-electron chi connectivity index (χ0n) is 10.6. The molecule has 94 valence electrons. The number of unbranched alkanes of at least 4 members (excludes halogenated alkanes) is 3. The van der Waals surface area contributed by atoms with Crippen molar-refractivity contribution >= 4 is 5.78 Å². The Morgan fingerprint density at radius 2 is 1.88 bits per heavy atom. The number of ketones is 1. The third kappa shape index (κ3) is 5.83. The van der Waals surface area contributed by atoms with E-state index in [9.17, 15) is 14.9 Å². The van der Waals surface area contributed by atoms with E-state index in [1.807, 2.05) is 0 Å². The molecular formula is C12H23NO3. The van der Waals surface area contributed by atoms with Gasteiger partial charge in [-0.2, -0.15) is 0 Å². The second kappa shape index (κ2) is 7.36. The summed E-state index contributed by atoms with van der Waals surface area (Å²) in [7, 11) is 0. The monoisotopic (exact) mass is 229 g/mol. The Bertz CT molecular complexity index is 240. The number of Topliss-reactive ketones (excluding diaryl/α,β-unsaturated/α-hetero) is 1. The minimum Gasteiger partial charge on any atom is -0.300 e. The van der Waals surface area contributed by atoms with Crippen molar-refractivity contribution in [3.8, 4) is 0 Å². The maximum Gasteiger partial charge on any atom is 0.220 e. The van der Waals surface area contributed by atoms with Crippen LogP contribution in [0.15, 0.2) is 0 Å². The van der Waals surface area contributed by atoms with E-state index in [0.717, 1.165) is 25.7 Å². The molecule has 0 aliphatic heterocycles. The summed E-state index contributed by atoms with van der Waals surface area (Å²) in [4.78, 5) is 21.6. The lowest BCUT2D eigenvalue weighted by Gasteiger charge is -2.20. The fourth-order valence-corrected chi connectivity index (χ4v) is 1.69. The Morgan fingerprint density at radius 1 is 1.25 bits per heavy atom. The molecule has 0 saturated carbocycles. The maximum absolute atomic E-state index is 11.0. The van der Waals surface area contributed by atoms with E-state index in [-0.39, 0.29) is 10.7 Å². The molecule has 1 atom stereocenters. The summed E-state index contributed by atoms with van der Waals surface area (Å²) >= 11 is 0. The first-order chi connectivity index (χ1) is 7.42. The second-order valence-electron chi connectivity index (χ2n) is 4.77. The number of carbonyl (C=O) groups excluding carboxylic acids is 1. The lowest BCUT2D eigenvalue weighted by atomic mass is 9.89. The molecular weight excluding hydrogens is 206 g/mol. The van der Waals surface area contributed by atoms with Crippen molar-refractivity contribution in [2.24, 2.45) is 0 Å². The van der Waals surface area contributed by atoms with E-state index in [1.54, 1.807) is 6.92 Å². The van der Waals surface area contributed by atoms with Gasteiger partial charge in [-0.15, -0.1) is 0 Å². The molecule has 16 heavy (non-hydrogen) atoms. The van der Waals surface area contributed by atoms with Crippen LogP contribution in [0.1, 0.15) is 65.7 Å². The van der Waals surface area contributed by atoms with Gasteiger partial charge in [-0.3, -0.25) is 10.1 Å². The zero-order valence-corrected chi connectivity index (χ0v) is 10.6. The molecule has 0 aliphatic carbocycles. The third-order valence-electron chi connectivity index (χ3n) is 3.03. The molecule has 0 aromatic heterocycles. The van der Waals surface area contributed by atoms with Gasteiger partial charge in [0.1, 0.15) is 5.78 Å². The van der Waals surface area contributed by atoms with Gasteiger partial charge in [-0.25, -0.2) is 0 Å². The Labute approximate surface area is 97.6 Å². The van der Waals surface area contributed by atoms with Gasteiger partial charge in [0, 0.05) is 31.1 Å². The largest absolute Gasteiger partial charge is 0.300 e. The van der Waals surface area contributed by atoms with Gasteiger partial charge in [0.15, 0.2) is 0 Å². The molecule has 0 spiro atoms. The van der Waals surface area contributed by atoms with Crippen LogP contribution in [0.3, 0.4) is 0 Å². The van der Waals surface area contributed by atoms with E-state index in [0.29, 0.717) is 19.3 Å². The SMILES string of the molecule is CCCCCCC(C)(CCC(C)=O)[N+](=O)[O-]. The van der Waals surface area contributed by atoms with Crippen LogP contribution in [0.5, 0.6) is 0 Å². The van der Waals surface area contributed by atoms with Gasteiger partial charge < -0.3 is 4.79 Å². The van der Waals surface area contributed by atoms with Gasteiger partial charge in [0.25, 0.3) is 0 Å². The topological polar surface area (TPSA) is 60.2 Å². The van der Waals surface area contributed by atoms with Crippen LogP contribution in [0.2, 0.25) is 0 Å². The molecule has 0 N–H and O–H groups in total. The fraction of sp³-hybridized carbons (Fsp3) is 0.917. The third-order valence-corrected chi connectivity index (χ3v) is 3.03. The summed E-state index contributed by atoms with van der Waals surface area (Å²) in [5, 5.41) is 11.0. The van der Waals surface area contributed by atoms with Crippen LogP contribution in [0.4, 0.5) is 0 Å². The highest BCUT2D eigenvalue weighted by Crippen LogP contribution is 2.24. The fourth-order valence-electron chi connectivity index (χ4n) is 1.69. The molecule has 0 fully saturated rings. The van der Waals surface area contributed by atoms with Crippen LogP contribution in [0.25, 0.3) is 0 Å². The summed E-state index contributed by atoms with van der Waals surface area (Å²) in [6.45, 7) is 5.25. The Balaban J connectivity index is 4.12. The van der Waals surface area contributed by atoms with Crippen molar-refractivity contribution in [3.63, 3.8) is 0 Å². The molecule has 0 aliphatic rings. The highest BCUT2D eigenvalue weighted by molar-refractivity contribution is 5.75. The van der Waals surface area contributed by atoms with Crippen molar-refractivity contribution in [2.75, 3.05) is 0 Å². The van der Waals surface area contributed by atoms with Crippen LogP contribution in [-0.4, -0.2) is 16.2 Å². The van der Waals surface area contributed by atoms with Gasteiger partial charge in [-0.1, -0.05) is 26.2 Å². The lowest BCUT2D eigenvalue weighted by Crippen LogP contribution is -2.35. The van der Waals surface area contributed by atoms with Gasteiger partial charge in [-0.05, 0) is 13.3 Å². The molecule has 0 bridgehead atoms. The number of nitro groups is 1. The number of hydrogen-bond acceptors (Lipinski definition) is 3. The predicted molar refractivity (Wildman–Crippen MR) is 64.1 cm³/mol. The van der Waals surface area contributed by atoms with Crippen molar-refractivity contribution < 1.29 is 9.72 Å². The van der Waals surface area contributed by atoms with Crippen LogP contribution in [0, 0.1) is 10.1 Å². The van der Waals surface area contributed by atoms with E-state index >= 15 is 0 Å². The lowest BCUT2D eigenvalue weighted by molar-refractivity contribution is -0.567. The van der Waals surface area contributed by atoms with Crippen molar-refractivity contribution in [2.45, 2.75) is 71.3 Å². The summed E-state index contributed by atoms with van der Waals surface area (Å²) in [5.74, 6) is 0.0293. The summed E-state index contributed by atoms with van der Waals surface area (Å²) in [5.41, 5.74) is -0.917. The number of hydrogen-bond donors (Lipinski definition) is 0. The number of nitrogens with zero attached hydrogens (tertiary/aromatic N) is 1. The molecule has 0 aromatic carbocycles. The van der Waals surface area contributed by atoms with Gasteiger partial charge in [0.05, 0.1) is 0 Å². The standard InChI is InChI=1S/C12H23NO3/c1-4-5-6-7-9-12(3,13(15)16)10-8-11(2)14/h4-10H2,1-3H3. The highest BCUT2D eigenvalue weighted by Gasteiger charge is 2.36. The first-order valence-corrected chi connectivity index (χ1v) is 6.06. The molecule has 0 aromatic rings. The van der Waals surface area contributed by atoms with E-state index in [4.69, 9.17) is 0 Å². The average molecular weight is 229 g/mol. The van der Waals surface area contributed by atoms with Crippen molar-refractivity contribution in [3.05, 3.63) is 10.1 Å². The van der Waals surface area contributed by atoms with Crippen LogP contribution in [-0.2, 0) is 4.79 Å². The molecule has 0 amide bonds. The van der Waals surface area contributed by atoms with E-state index in [1.165, 1.54) is 6.92 Å². The summed E-state index contributed by atoms with van der Waals surface area (Å²) in [6.07, 6.45) is 5.42. The number of carbonyl (C=O) groups is 1. The summed E-state index contributed by atoms with van der Waals surface area (Å²) in [6, 6.07) is 0. The van der Waals surface area contributed by atoms with Gasteiger partial charge >= 0.3 is 0 Å². The summed E-state index contributed by atoms with van der Waals surface area (Å²) < 4.78 is 0. The second-order valence-corrected chi connectivity index (χ2v) is 4.77. The minimum absolute atomic E-state index is 0.0293. The van der Waals surface area contributed by atoms with Crippen molar-refractivity contribution in [1.29, 1.82) is 0 Å². The predicted octanol–water partition coefficient (Wildman–Crippen LogP) is 3.36. The van der Waals surface area contributed by atoms with E-state index < -0.39 is 5.54 Å². The van der Waals surface area contributed by atoms with Gasteiger partial charge in [0.2, 0.25) is 5.54 Å². The van der Waals surface area contributed by atoms with E-state index in [2.05, 4.69) is 6.92 Å². The first kappa shape index (κ1) is 15.1. The first-order valence-electron chi connectivity index (χ1n) is 6.06. The average Bonchev–Trinajstić information content (AvgIpc) is 2.21. The molecule has 1 unspecified atom stereocenters. The Kier molecular flexibility index (Phi) is 6.93. The zero-order chi connectivity index (χ0) is 12.6. The van der Waals surface area contributed by atoms with Crippen LogP contribution < -0.4 is 0 Å². The molecule has 0 heterocycles. The molecule has 0 saturated heterocycles. The molecule has 4 heteroatoms. The molecule has 4 nitrogen and oxygen atoms in total. The van der Waals surface area contributed by atoms with Crippen molar-refractivity contribution in [1.82, 2.24) is 0 Å². The quantitative estimate of drug-likeness (QED) is 0.346. The Hall–Kier alpha value is -0.930. The molecule has 0 radical (unpaired) electrons. The van der Waals surface area contributed by atoms with Crippen LogP contribution >= 0.6 is 0 Å². The smallest absolute Gasteiger partial charge is 0.220 e. The Morgan fingerprint density at radius 3 is 2.31 bits per heavy atom. The minimum atomic E-state index is -0.917. The maximum atomic E-state index is 11.0. The highest BCUT2D eigenvalue weighted by atomic mass is 16.6. The molecule has 0 rings (SSSR count). The number of rotatable bonds is 9. The normalized spacial score (nSPS) is 14.4.